The average Bonchev–Trinajstić information content (AvgIpc) is 2.86. The van der Waals surface area contributed by atoms with Gasteiger partial charge in [0.1, 0.15) is 4.21 Å². The summed E-state index contributed by atoms with van der Waals surface area (Å²) in [6.07, 6.45) is 2.66. The number of sulfonamides is 1. The number of nitrogens with two attached hydrogens (primary N) is 1. The van der Waals surface area contributed by atoms with Gasteiger partial charge in [0.2, 0.25) is 0 Å². The van der Waals surface area contributed by atoms with Crippen LogP contribution in [-0.4, -0.2) is 8.42 Å². The van der Waals surface area contributed by atoms with Crippen LogP contribution < -0.4 is 10.5 Å². The molecule has 0 spiro atoms. The largest absolute Gasteiger partial charge is 0.399 e. The molecule has 1 aromatic carbocycles. The maximum Gasteiger partial charge on any atom is 0.250 e. The van der Waals surface area contributed by atoms with Crippen LogP contribution in [0.15, 0.2) is 34.5 Å². The molecule has 1 atom stereocenters. The van der Waals surface area contributed by atoms with Crippen molar-refractivity contribution in [3.8, 4) is 0 Å². The van der Waals surface area contributed by atoms with Crippen molar-refractivity contribution in [2.45, 2.75) is 29.5 Å². The summed E-state index contributed by atoms with van der Waals surface area (Å²) in [6, 6.07) is 8.57. The lowest BCUT2D eigenvalue weighted by molar-refractivity contribution is 0.508. The molecule has 1 heterocycles. The Balaban J connectivity index is 1.90. The number of nitrogens with one attached hydrogen (secondary N) is 1. The highest BCUT2D eigenvalue weighted by Crippen LogP contribution is 2.33. The maximum atomic E-state index is 12.4. The number of hydrogen-bond acceptors (Lipinski definition) is 4. The van der Waals surface area contributed by atoms with Crippen LogP contribution in [0.2, 0.25) is 4.34 Å². The van der Waals surface area contributed by atoms with Gasteiger partial charge in [-0.2, -0.15) is 0 Å². The summed E-state index contributed by atoms with van der Waals surface area (Å²) >= 11 is 6.88. The predicted molar refractivity (Wildman–Crippen MR) is 86.2 cm³/mol. The molecule has 0 aliphatic heterocycles. The molecular weight excluding hydrogens is 328 g/mol. The molecule has 0 fully saturated rings. The van der Waals surface area contributed by atoms with Gasteiger partial charge < -0.3 is 5.73 Å². The van der Waals surface area contributed by atoms with Gasteiger partial charge in [-0.1, -0.05) is 17.7 Å². The molecule has 1 aliphatic carbocycles. The van der Waals surface area contributed by atoms with E-state index in [1.165, 1.54) is 6.07 Å². The van der Waals surface area contributed by atoms with Gasteiger partial charge in [-0.05, 0) is 54.7 Å². The second-order valence-electron chi connectivity index (χ2n) is 5.08. The minimum atomic E-state index is -3.54. The first kappa shape index (κ1) is 14.8. The lowest BCUT2D eigenvalue weighted by Gasteiger charge is -2.26. The number of aryl methyl sites for hydroxylation is 1. The predicted octanol–water partition coefficient (Wildman–Crippen LogP) is 3.34. The number of nitrogen functional groups attached to an aromatic ring is 1. The molecule has 0 saturated heterocycles. The number of halogens is 1. The molecule has 0 saturated carbocycles. The van der Waals surface area contributed by atoms with Crippen molar-refractivity contribution in [2.75, 3.05) is 5.73 Å². The number of thiophene rings is 1. The van der Waals surface area contributed by atoms with Crippen molar-refractivity contribution in [3.05, 3.63) is 45.8 Å². The highest BCUT2D eigenvalue weighted by Gasteiger charge is 2.26. The van der Waals surface area contributed by atoms with Gasteiger partial charge in [-0.3, -0.25) is 0 Å². The summed E-state index contributed by atoms with van der Waals surface area (Å²) in [4.78, 5) is 0. The van der Waals surface area contributed by atoms with E-state index in [1.54, 1.807) is 6.07 Å². The molecule has 4 nitrogen and oxygen atoms in total. The molecule has 3 N–H and O–H groups in total. The number of hydrogen-bond donors (Lipinski definition) is 2. The standard InChI is InChI=1S/C14H15ClN2O2S2/c15-13-6-7-14(20-13)21(18,19)17-12-3-1-2-9-8-10(16)4-5-11(9)12/h4-8,12,17H,1-3,16H2. The van der Waals surface area contributed by atoms with Crippen molar-refractivity contribution in [3.63, 3.8) is 0 Å². The van der Waals surface area contributed by atoms with Crippen molar-refractivity contribution < 1.29 is 8.42 Å². The third-order valence-corrected chi connectivity index (χ3v) is 6.79. The van der Waals surface area contributed by atoms with Crippen molar-refractivity contribution in [2.24, 2.45) is 0 Å². The molecular formula is C14H15ClN2O2S2. The molecule has 112 valence electrons. The van der Waals surface area contributed by atoms with Crippen LogP contribution in [0.3, 0.4) is 0 Å². The monoisotopic (exact) mass is 342 g/mol. The number of benzene rings is 1. The van der Waals surface area contributed by atoms with Gasteiger partial charge in [-0.15, -0.1) is 11.3 Å². The summed E-state index contributed by atoms with van der Waals surface area (Å²) in [5.41, 5.74) is 8.65. The van der Waals surface area contributed by atoms with Gasteiger partial charge in [0.25, 0.3) is 10.0 Å². The summed E-state index contributed by atoms with van der Waals surface area (Å²) in [5, 5.41) is 0. The van der Waals surface area contributed by atoms with E-state index in [-0.39, 0.29) is 10.3 Å². The number of rotatable bonds is 3. The Bertz CT molecular complexity index is 771. The topological polar surface area (TPSA) is 72.2 Å². The molecule has 2 aromatic rings. The minimum Gasteiger partial charge on any atom is -0.399 e. The zero-order valence-corrected chi connectivity index (χ0v) is 13.6. The molecule has 1 aromatic heterocycles. The zero-order chi connectivity index (χ0) is 15.0. The highest BCUT2D eigenvalue weighted by atomic mass is 35.5. The summed E-state index contributed by atoms with van der Waals surface area (Å²) in [5.74, 6) is 0. The van der Waals surface area contributed by atoms with E-state index in [4.69, 9.17) is 17.3 Å². The van der Waals surface area contributed by atoms with Crippen molar-refractivity contribution in [1.29, 1.82) is 0 Å². The van der Waals surface area contributed by atoms with Crippen molar-refractivity contribution in [1.82, 2.24) is 4.72 Å². The Labute approximate surface area is 133 Å². The fourth-order valence-electron chi connectivity index (χ4n) is 2.64. The van der Waals surface area contributed by atoms with Gasteiger partial charge in [0.15, 0.2) is 0 Å². The van der Waals surface area contributed by atoms with Crippen LogP contribution in [0.5, 0.6) is 0 Å². The molecule has 0 radical (unpaired) electrons. The molecule has 21 heavy (non-hydrogen) atoms. The lowest BCUT2D eigenvalue weighted by atomic mass is 9.88. The quantitative estimate of drug-likeness (QED) is 0.840. The van der Waals surface area contributed by atoms with E-state index in [0.29, 0.717) is 10.0 Å². The Morgan fingerprint density at radius 1 is 1.29 bits per heavy atom. The number of fused-ring (bicyclic) bond motifs is 1. The van der Waals surface area contributed by atoms with E-state index < -0.39 is 10.0 Å². The molecule has 0 amide bonds. The summed E-state index contributed by atoms with van der Waals surface area (Å²) in [7, 11) is -3.54. The molecule has 0 bridgehead atoms. The first-order chi connectivity index (χ1) is 9.95. The smallest absolute Gasteiger partial charge is 0.250 e. The van der Waals surface area contributed by atoms with Crippen LogP contribution in [0.4, 0.5) is 5.69 Å². The molecule has 1 unspecified atom stereocenters. The average molecular weight is 343 g/mol. The SMILES string of the molecule is Nc1ccc2c(c1)CCCC2NS(=O)(=O)c1ccc(Cl)s1. The zero-order valence-electron chi connectivity index (χ0n) is 11.2. The summed E-state index contributed by atoms with van der Waals surface area (Å²) < 4.78 is 28.3. The Hall–Kier alpha value is -1.08. The molecule has 3 rings (SSSR count). The van der Waals surface area contributed by atoms with E-state index in [2.05, 4.69) is 4.72 Å². The second kappa shape index (κ2) is 5.61. The van der Waals surface area contributed by atoms with Gasteiger partial charge in [-0.25, -0.2) is 13.1 Å². The highest BCUT2D eigenvalue weighted by molar-refractivity contribution is 7.91. The molecule has 1 aliphatic rings. The van der Waals surface area contributed by atoms with Crippen LogP contribution in [0, 0.1) is 0 Å². The summed E-state index contributed by atoms with van der Waals surface area (Å²) in [6.45, 7) is 0. The van der Waals surface area contributed by atoms with Gasteiger partial charge >= 0.3 is 0 Å². The fraction of sp³-hybridized carbons (Fsp3) is 0.286. The van der Waals surface area contributed by atoms with Crippen LogP contribution >= 0.6 is 22.9 Å². The van der Waals surface area contributed by atoms with E-state index >= 15 is 0 Å². The van der Waals surface area contributed by atoms with Gasteiger partial charge in [0.05, 0.1) is 4.34 Å². The van der Waals surface area contributed by atoms with Crippen LogP contribution in [0.1, 0.15) is 30.0 Å². The van der Waals surface area contributed by atoms with Crippen molar-refractivity contribution >= 4 is 38.6 Å². The first-order valence-electron chi connectivity index (χ1n) is 6.62. The Kier molecular flexibility index (Phi) is 3.96. The first-order valence-corrected chi connectivity index (χ1v) is 9.29. The van der Waals surface area contributed by atoms with E-state index in [1.807, 2.05) is 18.2 Å². The second-order valence-corrected chi connectivity index (χ2v) is 8.74. The van der Waals surface area contributed by atoms with Crippen LogP contribution in [0.25, 0.3) is 0 Å². The van der Waals surface area contributed by atoms with Crippen LogP contribution in [-0.2, 0) is 16.4 Å². The fourth-order valence-corrected chi connectivity index (χ4v) is 5.39. The van der Waals surface area contributed by atoms with E-state index in [0.717, 1.165) is 41.7 Å². The van der Waals surface area contributed by atoms with E-state index in [9.17, 15) is 8.42 Å². The minimum absolute atomic E-state index is 0.208. The third-order valence-electron chi connectivity index (χ3n) is 3.59. The lowest BCUT2D eigenvalue weighted by Crippen LogP contribution is -2.30. The Morgan fingerprint density at radius 2 is 2.10 bits per heavy atom. The normalized spacial score (nSPS) is 18.4. The Morgan fingerprint density at radius 3 is 2.81 bits per heavy atom. The maximum absolute atomic E-state index is 12.4. The van der Waals surface area contributed by atoms with Gasteiger partial charge in [0, 0.05) is 11.7 Å². The molecule has 7 heteroatoms. The third kappa shape index (κ3) is 3.08. The number of anilines is 1.